The monoisotopic (exact) mass is 238 g/mol. The van der Waals surface area contributed by atoms with Gasteiger partial charge in [-0.3, -0.25) is 4.98 Å². The maximum atomic E-state index is 13.5. The van der Waals surface area contributed by atoms with Gasteiger partial charge in [0, 0.05) is 36.6 Å². The highest BCUT2D eigenvalue weighted by molar-refractivity contribution is 5.64. The molecule has 2 rings (SSSR count). The third-order valence-corrected chi connectivity index (χ3v) is 2.33. The summed E-state index contributed by atoms with van der Waals surface area (Å²) in [6.07, 6.45) is 2.81. The minimum atomic E-state index is -0.960. The zero-order chi connectivity index (χ0) is 12.4. The summed E-state index contributed by atoms with van der Waals surface area (Å²) < 4.78 is 39.7. The molecule has 0 aliphatic heterocycles. The zero-order valence-corrected chi connectivity index (χ0v) is 8.75. The Morgan fingerprint density at radius 2 is 1.65 bits per heavy atom. The van der Waals surface area contributed by atoms with Gasteiger partial charge < -0.3 is 5.73 Å². The largest absolute Gasteiger partial charge is 0.326 e. The topological polar surface area (TPSA) is 38.9 Å². The zero-order valence-electron chi connectivity index (χ0n) is 8.75. The van der Waals surface area contributed by atoms with E-state index in [0.29, 0.717) is 17.7 Å². The van der Waals surface area contributed by atoms with Gasteiger partial charge in [-0.25, -0.2) is 13.2 Å². The van der Waals surface area contributed by atoms with Gasteiger partial charge in [0.15, 0.2) is 0 Å². The lowest BCUT2D eigenvalue weighted by Crippen LogP contribution is -1.99. The summed E-state index contributed by atoms with van der Waals surface area (Å²) >= 11 is 0. The molecule has 5 heteroatoms. The summed E-state index contributed by atoms with van der Waals surface area (Å²) in [6.45, 7) is 0.214. The second-order valence-corrected chi connectivity index (χ2v) is 3.53. The van der Waals surface area contributed by atoms with Crippen LogP contribution in [0.3, 0.4) is 0 Å². The first-order chi connectivity index (χ1) is 8.11. The fraction of sp³-hybridized carbons (Fsp3) is 0.0833. The van der Waals surface area contributed by atoms with Crippen LogP contribution in [0.4, 0.5) is 13.2 Å². The number of halogens is 3. The van der Waals surface area contributed by atoms with Gasteiger partial charge >= 0.3 is 0 Å². The quantitative estimate of drug-likeness (QED) is 0.873. The van der Waals surface area contributed by atoms with Crippen molar-refractivity contribution in [1.82, 2.24) is 4.98 Å². The van der Waals surface area contributed by atoms with E-state index in [-0.39, 0.29) is 17.7 Å². The van der Waals surface area contributed by atoms with Gasteiger partial charge in [-0.05, 0) is 11.6 Å². The number of pyridine rings is 1. The van der Waals surface area contributed by atoms with E-state index in [1.54, 1.807) is 0 Å². The SMILES string of the molecule is NCc1cncc(-c2c(F)cc(F)cc2F)c1. The second kappa shape index (κ2) is 4.55. The lowest BCUT2D eigenvalue weighted by molar-refractivity contribution is 0.548. The Labute approximate surface area is 95.9 Å². The van der Waals surface area contributed by atoms with Gasteiger partial charge in [0.1, 0.15) is 17.5 Å². The van der Waals surface area contributed by atoms with E-state index in [2.05, 4.69) is 4.98 Å². The Kier molecular flexibility index (Phi) is 3.10. The summed E-state index contributed by atoms with van der Waals surface area (Å²) in [6, 6.07) is 2.79. The van der Waals surface area contributed by atoms with Gasteiger partial charge in [-0.1, -0.05) is 0 Å². The molecule has 88 valence electrons. The molecule has 17 heavy (non-hydrogen) atoms. The van der Waals surface area contributed by atoms with Crippen LogP contribution in [0, 0.1) is 17.5 Å². The van der Waals surface area contributed by atoms with E-state index in [1.807, 2.05) is 0 Å². The Balaban J connectivity index is 2.60. The van der Waals surface area contributed by atoms with E-state index in [4.69, 9.17) is 5.73 Å². The Morgan fingerprint density at radius 3 is 2.24 bits per heavy atom. The molecule has 1 heterocycles. The molecular weight excluding hydrogens is 229 g/mol. The lowest BCUT2D eigenvalue weighted by atomic mass is 10.0. The molecule has 0 amide bonds. The molecule has 0 saturated heterocycles. The fourth-order valence-electron chi connectivity index (χ4n) is 1.55. The Hall–Kier alpha value is -1.88. The fourth-order valence-corrected chi connectivity index (χ4v) is 1.55. The predicted molar refractivity (Wildman–Crippen MR) is 57.4 cm³/mol. The molecule has 0 aliphatic rings. The van der Waals surface area contributed by atoms with Crippen LogP contribution in [-0.4, -0.2) is 4.98 Å². The first-order valence-corrected chi connectivity index (χ1v) is 4.90. The van der Waals surface area contributed by atoms with Crippen LogP contribution in [0.1, 0.15) is 5.56 Å². The van der Waals surface area contributed by atoms with Crippen LogP contribution in [0.2, 0.25) is 0 Å². The molecule has 0 aliphatic carbocycles. The van der Waals surface area contributed by atoms with E-state index < -0.39 is 17.5 Å². The van der Waals surface area contributed by atoms with E-state index in [0.717, 1.165) is 0 Å². The maximum Gasteiger partial charge on any atom is 0.136 e. The van der Waals surface area contributed by atoms with Crippen molar-refractivity contribution < 1.29 is 13.2 Å². The third-order valence-electron chi connectivity index (χ3n) is 2.33. The average molecular weight is 238 g/mol. The normalized spacial score (nSPS) is 10.6. The first kappa shape index (κ1) is 11.6. The van der Waals surface area contributed by atoms with Crippen LogP contribution in [0.5, 0.6) is 0 Å². The third kappa shape index (κ3) is 2.29. The van der Waals surface area contributed by atoms with Crippen LogP contribution in [0.15, 0.2) is 30.6 Å². The number of nitrogens with two attached hydrogens (primary N) is 1. The van der Waals surface area contributed by atoms with Crippen molar-refractivity contribution in [2.45, 2.75) is 6.54 Å². The summed E-state index contributed by atoms with van der Waals surface area (Å²) in [5, 5.41) is 0. The van der Waals surface area contributed by atoms with Crippen LogP contribution >= 0.6 is 0 Å². The first-order valence-electron chi connectivity index (χ1n) is 4.90. The molecule has 1 aromatic heterocycles. The minimum Gasteiger partial charge on any atom is -0.326 e. The summed E-state index contributed by atoms with van der Waals surface area (Å²) in [5.41, 5.74) is 6.00. The molecule has 0 radical (unpaired) electrons. The molecule has 2 nitrogen and oxygen atoms in total. The number of aromatic nitrogens is 1. The molecule has 0 bridgehead atoms. The van der Waals surface area contributed by atoms with Gasteiger partial charge in [-0.2, -0.15) is 0 Å². The molecular formula is C12H9F3N2. The number of nitrogens with zero attached hydrogens (tertiary/aromatic N) is 1. The minimum absolute atomic E-state index is 0.214. The Morgan fingerprint density at radius 1 is 1.00 bits per heavy atom. The van der Waals surface area contributed by atoms with Gasteiger partial charge in [0.2, 0.25) is 0 Å². The molecule has 0 fully saturated rings. The molecule has 1 aromatic carbocycles. The molecule has 0 spiro atoms. The van der Waals surface area contributed by atoms with E-state index >= 15 is 0 Å². The molecule has 0 atom stereocenters. The standard InChI is InChI=1S/C12H9F3N2/c13-9-2-10(14)12(11(15)3-9)8-1-7(4-16)5-17-6-8/h1-3,5-6H,4,16H2. The smallest absolute Gasteiger partial charge is 0.136 e. The number of hydrogen-bond donors (Lipinski definition) is 1. The van der Waals surface area contributed by atoms with Crippen molar-refractivity contribution in [2.75, 3.05) is 0 Å². The van der Waals surface area contributed by atoms with Crippen molar-refractivity contribution in [3.8, 4) is 11.1 Å². The number of hydrogen-bond acceptors (Lipinski definition) is 2. The molecule has 0 unspecified atom stereocenters. The van der Waals surface area contributed by atoms with E-state index in [9.17, 15) is 13.2 Å². The molecule has 2 aromatic rings. The lowest BCUT2D eigenvalue weighted by Gasteiger charge is -2.06. The molecule has 2 N–H and O–H groups in total. The van der Waals surface area contributed by atoms with Crippen LogP contribution in [-0.2, 0) is 6.54 Å². The highest BCUT2D eigenvalue weighted by Crippen LogP contribution is 2.26. The van der Waals surface area contributed by atoms with Crippen LogP contribution in [0.25, 0.3) is 11.1 Å². The second-order valence-electron chi connectivity index (χ2n) is 3.53. The van der Waals surface area contributed by atoms with Crippen molar-refractivity contribution in [3.05, 3.63) is 53.6 Å². The average Bonchev–Trinajstić information content (AvgIpc) is 2.28. The van der Waals surface area contributed by atoms with Gasteiger partial charge in [0.25, 0.3) is 0 Å². The highest BCUT2D eigenvalue weighted by Gasteiger charge is 2.14. The van der Waals surface area contributed by atoms with Crippen molar-refractivity contribution in [1.29, 1.82) is 0 Å². The number of benzene rings is 1. The molecule has 0 saturated carbocycles. The van der Waals surface area contributed by atoms with Gasteiger partial charge in [0.05, 0.1) is 5.56 Å². The van der Waals surface area contributed by atoms with E-state index in [1.165, 1.54) is 18.5 Å². The van der Waals surface area contributed by atoms with Crippen molar-refractivity contribution in [3.63, 3.8) is 0 Å². The number of rotatable bonds is 2. The summed E-state index contributed by atoms with van der Waals surface area (Å²) in [5.74, 6) is -2.87. The predicted octanol–water partition coefficient (Wildman–Crippen LogP) is 2.62. The Bertz CT molecular complexity index is 532. The maximum absolute atomic E-state index is 13.5. The summed E-state index contributed by atoms with van der Waals surface area (Å²) in [7, 11) is 0. The summed E-state index contributed by atoms with van der Waals surface area (Å²) in [4.78, 5) is 3.83. The highest BCUT2D eigenvalue weighted by atomic mass is 19.1. The van der Waals surface area contributed by atoms with Gasteiger partial charge in [-0.15, -0.1) is 0 Å². The van der Waals surface area contributed by atoms with Crippen molar-refractivity contribution in [2.24, 2.45) is 5.73 Å². The van der Waals surface area contributed by atoms with Crippen LogP contribution < -0.4 is 5.73 Å². The van der Waals surface area contributed by atoms with Crippen molar-refractivity contribution >= 4 is 0 Å².